The number of methoxy groups -OCH3 is 1. The van der Waals surface area contributed by atoms with E-state index in [0.29, 0.717) is 45.0 Å². The number of likely N-dealkylation sites (tertiary alicyclic amines) is 1. The summed E-state index contributed by atoms with van der Waals surface area (Å²) in [5.74, 6) is 1.54. The van der Waals surface area contributed by atoms with Crippen LogP contribution in [-0.4, -0.2) is 103 Å². The largest absolute Gasteiger partial charge is 0.494 e. The normalized spacial score (nSPS) is 20.4. The molecular formula is C29H39N3O6. The quantitative estimate of drug-likeness (QED) is 0.425. The molecule has 2 fully saturated rings. The molecule has 9 heteroatoms. The van der Waals surface area contributed by atoms with Gasteiger partial charge in [0.2, 0.25) is 11.8 Å². The first-order chi connectivity index (χ1) is 18.4. The minimum atomic E-state index is -1.25. The molecule has 0 spiro atoms. The third-order valence-corrected chi connectivity index (χ3v) is 6.88. The summed E-state index contributed by atoms with van der Waals surface area (Å²) in [5, 5.41) is 11.6. The molecule has 2 aromatic carbocycles. The number of carbonyl (C=O) groups is 2. The molecule has 2 heterocycles. The minimum Gasteiger partial charge on any atom is -0.494 e. The average Bonchev–Trinajstić information content (AvgIpc) is 3.25. The molecule has 2 aliphatic rings. The van der Waals surface area contributed by atoms with Gasteiger partial charge < -0.3 is 29.1 Å². The molecule has 9 nitrogen and oxygen atoms in total. The van der Waals surface area contributed by atoms with Crippen molar-refractivity contribution in [3.8, 4) is 11.5 Å². The number of nitrogens with zero attached hydrogens (tertiary/aromatic N) is 3. The van der Waals surface area contributed by atoms with Crippen LogP contribution in [0.25, 0.3) is 0 Å². The number of hydrogen-bond donors (Lipinski definition) is 1. The molecule has 0 saturated carbocycles. The number of amides is 2. The van der Waals surface area contributed by atoms with Crippen LogP contribution < -0.4 is 9.47 Å². The lowest BCUT2D eigenvalue weighted by molar-refractivity contribution is -0.138. The van der Waals surface area contributed by atoms with Crippen LogP contribution in [0, 0.1) is 0 Å². The van der Waals surface area contributed by atoms with E-state index in [0.717, 1.165) is 37.2 Å². The van der Waals surface area contributed by atoms with E-state index in [9.17, 15) is 14.7 Å². The van der Waals surface area contributed by atoms with Crippen molar-refractivity contribution < 1.29 is 28.9 Å². The smallest absolute Gasteiger partial charge is 0.248 e. The number of rotatable bonds is 12. The fourth-order valence-electron chi connectivity index (χ4n) is 5.01. The van der Waals surface area contributed by atoms with Crippen LogP contribution in [0.2, 0.25) is 0 Å². The maximum absolute atomic E-state index is 12.6. The van der Waals surface area contributed by atoms with Crippen molar-refractivity contribution in [3.63, 3.8) is 0 Å². The highest BCUT2D eigenvalue weighted by Crippen LogP contribution is 2.21. The zero-order valence-corrected chi connectivity index (χ0v) is 22.2. The minimum absolute atomic E-state index is 0.0269. The average molecular weight is 526 g/mol. The molecule has 38 heavy (non-hydrogen) atoms. The lowest BCUT2D eigenvalue weighted by Gasteiger charge is -2.33. The van der Waals surface area contributed by atoms with Gasteiger partial charge in [0.25, 0.3) is 0 Å². The third-order valence-electron chi connectivity index (χ3n) is 6.88. The number of ether oxygens (including phenoxy) is 3. The summed E-state index contributed by atoms with van der Waals surface area (Å²) in [4.78, 5) is 30.1. The summed E-state index contributed by atoms with van der Waals surface area (Å²) in [6.45, 7) is 4.37. The molecule has 1 atom stereocenters. The van der Waals surface area contributed by atoms with Crippen molar-refractivity contribution in [2.75, 3.05) is 66.2 Å². The van der Waals surface area contributed by atoms with E-state index in [-0.39, 0.29) is 31.6 Å². The Hall–Kier alpha value is -3.14. The maximum atomic E-state index is 12.6. The number of hydrogen-bond acceptors (Lipinski definition) is 7. The van der Waals surface area contributed by atoms with E-state index in [4.69, 9.17) is 14.2 Å². The molecule has 1 N–H and O–H groups in total. The van der Waals surface area contributed by atoms with Gasteiger partial charge in [0, 0.05) is 52.8 Å². The molecular weight excluding hydrogens is 486 g/mol. The van der Waals surface area contributed by atoms with Crippen molar-refractivity contribution in [1.29, 1.82) is 0 Å². The summed E-state index contributed by atoms with van der Waals surface area (Å²) in [7, 11) is 1.49. The molecule has 0 aliphatic carbocycles. The first-order valence-corrected chi connectivity index (χ1v) is 13.3. The Bertz CT molecular complexity index is 1050. The predicted molar refractivity (Wildman–Crippen MR) is 143 cm³/mol. The Kier molecular flexibility index (Phi) is 9.98. The summed E-state index contributed by atoms with van der Waals surface area (Å²) in [6.07, 6.45) is 2.40. The number of carbonyl (C=O) groups excluding carboxylic acids is 2. The van der Waals surface area contributed by atoms with Crippen LogP contribution in [0.4, 0.5) is 0 Å². The second-order valence-corrected chi connectivity index (χ2v) is 10.1. The van der Waals surface area contributed by atoms with Crippen molar-refractivity contribution >= 4 is 11.8 Å². The third kappa shape index (κ3) is 8.18. The second-order valence-electron chi connectivity index (χ2n) is 10.1. The van der Waals surface area contributed by atoms with Gasteiger partial charge >= 0.3 is 0 Å². The summed E-state index contributed by atoms with van der Waals surface area (Å²) in [5.41, 5.74) is -0.197. The molecule has 0 radical (unpaired) electrons. The Labute approximate surface area is 224 Å². The van der Waals surface area contributed by atoms with Crippen molar-refractivity contribution in [2.24, 2.45) is 0 Å². The molecule has 0 unspecified atom stereocenters. The van der Waals surface area contributed by atoms with Gasteiger partial charge in [0.1, 0.15) is 30.3 Å². The summed E-state index contributed by atoms with van der Waals surface area (Å²) < 4.78 is 16.9. The number of β-amino-alcohol motifs (C(OH)–C–C–N with tert-alkyl or cyclic N) is 1. The highest BCUT2D eigenvalue weighted by atomic mass is 16.5. The number of aliphatic hydroxyl groups is 1. The monoisotopic (exact) mass is 525 g/mol. The standard InChI is InChI=1S/C29H39N3O6/c1-36-20-28(34)32-16-15-30(21-29(35,22-32)23-38-25-9-3-2-4-10-25)19-24-8-5-11-26(18-24)37-17-7-14-31-13-6-12-27(31)33/h2-5,8-11,18,35H,6-7,12-17,19-23H2,1H3/t29-/m1/s1. The Morgan fingerprint density at radius 2 is 1.82 bits per heavy atom. The molecule has 0 aromatic heterocycles. The van der Waals surface area contributed by atoms with Crippen LogP contribution in [0.3, 0.4) is 0 Å². The lowest BCUT2D eigenvalue weighted by atomic mass is 10.0. The number of benzene rings is 2. The van der Waals surface area contributed by atoms with Crippen LogP contribution >= 0.6 is 0 Å². The zero-order chi connectivity index (χ0) is 26.8. The molecule has 206 valence electrons. The van der Waals surface area contributed by atoms with Crippen LogP contribution in [0.1, 0.15) is 24.8 Å². The first kappa shape index (κ1) is 27.9. The molecule has 0 bridgehead atoms. The van der Waals surface area contributed by atoms with Gasteiger partial charge in [-0.1, -0.05) is 30.3 Å². The van der Waals surface area contributed by atoms with Crippen molar-refractivity contribution in [1.82, 2.24) is 14.7 Å². The highest BCUT2D eigenvalue weighted by Gasteiger charge is 2.37. The van der Waals surface area contributed by atoms with Crippen LogP contribution in [-0.2, 0) is 20.9 Å². The van der Waals surface area contributed by atoms with E-state index in [2.05, 4.69) is 4.90 Å². The van der Waals surface area contributed by atoms with Crippen molar-refractivity contribution in [2.45, 2.75) is 31.4 Å². The second kappa shape index (κ2) is 13.6. The maximum Gasteiger partial charge on any atom is 0.248 e. The first-order valence-electron chi connectivity index (χ1n) is 13.3. The van der Waals surface area contributed by atoms with Crippen LogP contribution in [0.15, 0.2) is 54.6 Å². The molecule has 2 aliphatic heterocycles. The van der Waals surface area contributed by atoms with Crippen LogP contribution in [0.5, 0.6) is 11.5 Å². The van der Waals surface area contributed by atoms with E-state index in [1.807, 2.05) is 59.5 Å². The zero-order valence-electron chi connectivity index (χ0n) is 22.2. The fraction of sp³-hybridized carbons (Fsp3) is 0.517. The SMILES string of the molecule is COCC(=O)N1CCN(Cc2cccc(OCCCN3CCCC3=O)c2)C[C@](O)(COc2ccccc2)C1. The van der Waals surface area contributed by atoms with E-state index >= 15 is 0 Å². The topological polar surface area (TPSA) is 91.8 Å². The number of para-hydroxylation sites is 1. The Balaban J connectivity index is 1.36. The van der Waals surface area contributed by atoms with E-state index in [1.165, 1.54) is 7.11 Å². The van der Waals surface area contributed by atoms with Gasteiger partial charge in [-0.3, -0.25) is 14.5 Å². The van der Waals surface area contributed by atoms with E-state index < -0.39 is 5.60 Å². The Morgan fingerprint density at radius 1 is 1.00 bits per heavy atom. The molecule has 2 amide bonds. The van der Waals surface area contributed by atoms with E-state index in [1.54, 1.807) is 4.90 Å². The Morgan fingerprint density at radius 3 is 2.58 bits per heavy atom. The highest BCUT2D eigenvalue weighted by molar-refractivity contribution is 5.78. The molecule has 4 rings (SSSR count). The summed E-state index contributed by atoms with van der Waals surface area (Å²) >= 11 is 0. The van der Waals surface area contributed by atoms with Gasteiger partial charge in [0.05, 0.1) is 13.2 Å². The molecule has 2 saturated heterocycles. The summed E-state index contributed by atoms with van der Waals surface area (Å²) in [6, 6.07) is 17.3. The van der Waals surface area contributed by atoms with Gasteiger partial charge in [-0.25, -0.2) is 0 Å². The van der Waals surface area contributed by atoms with Gasteiger partial charge in [0.15, 0.2) is 0 Å². The fourth-order valence-corrected chi connectivity index (χ4v) is 5.01. The van der Waals surface area contributed by atoms with Gasteiger partial charge in [-0.15, -0.1) is 0 Å². The van der Waals surface area contributed by atoms with Gasteiger partial charge in [-0.2, -0.15) is 0 Å². The molecule has 2 aromatic rings. The lowest BCUT2D eigenvalue weighted by Crippen LogP contribution is -2.52. The van der Waals surface area contributed by atoms with Crippen molar-refractivity contribution in [3.05, 3.63) is 60.2 Å². The predicted octanol–water partition coefficient (Wildman–Crippen LogP) is 2.18. The van der Waals surface area contributed by atoms with Gasteiger partial charge in [-0.05, 0) is 42.7 Å².